The summed E-state index contributed by atoms with van der Waals surface area (Å²) in [7, 11) is 0. The van der Waals surface area contributed by atoms with Crippen LogP contribution in [-0.2, 0) is 19.3 Å². The van der Waals surface area contributed by atoms with Gasteiger partial charge in [-0.3, -0.25) is 0 Å². The van der Waals surface area contributed by atoms with E-state index in [0.717, 1.165) is 12.8 Å². The minimum Gasteiger partial charge on any atom is -0.464 e. The van der Waals surface area contributed by atoms with Gasteiger partial charge in [0.1, 0.15) is 11.2 Å². The Morgan fingerprint density at radius 1 is 1.50 bits per heavy atom. The van der Waals surface area contributed by atoms with Gasteiger partial charge in [0, 0.05) is 0 Å². The van der Waals surface area contributed by atoms with Crippen LogP contribution in [0.2, 0.25) is 0 Å². The molecule has 2 rings (SSSR count). The minimum atomic E-state index is -1.27. The lowest BCUT2D eigenvalue weighted by Crippen LogP contribution is -2.60. The van der Waals surface area contributed by atoms with E-state index in [1.165, 1.54) is 0 Å². The van der Waals surface area contributed by atoms with Crippen molar-refractivity contribution in [2.75, 3.05) is 6.61 Å². The molecule has 2 fully saturated rings. The number of hydrogen-bond acceptors (Lipinski definition) is 5. The zero-order chi connectivity index (χ0) is 13.4. The monoisotopic (exact) mass is 258 g/mol. The van der Waals surface area contributed by atoms with Gasteiger partial charge in [0.05, 0.1) is 6.61 Å². The molecule has 1 saturated heterocycles. The molecule has 0 spiro atoms. The van der Waals surface area contributed by atoms with Gasteiger partial charge in [0.15, 0.2) is 6.10 Å². The van der Waals surface area contributed by atoms with Gasteiger partial charge in [-0.25, -0.2) is 14.6 Å². The molecule has 3 unspecified atom stereocenters. The molecule has 18 heavy (non-hydrogen) atoms. The molecular weight excluding hydrogens is 236 g/mol. The highest BCUT2D eigenvalue weighted by molar-refractivity contribution is 5.76. The molecule has 5 heteroatoms. The maximum atomic E-state index is 11.7. The maximum absolute atomic E-state index is 11.7. The van der Waals surface area contributed by atoms with Crippen LogP contribution in [0.3, 0.4) is 0 Å². The molecule has 1 aliphatic heterocycles. The number of aliphatic hydroxyl groups excluding tert-OH is 1. The summed E-state index contributed by atoms with van der Waals surface area (Å²) in [5, 5.41) is 10.2. The van der Waals surface area contributed by atoms with E-state index in [2.05, 4.69) is 0 Å². The van der Waals surface area contributed by atoms with E-state index in [4.69, 9.17) is 14.5 Å². The van der Waals surface area contributed by atoms with Gasteiger partial charge in [-0.1, -0.05) is 0 Å². The van der Waals surface area contributed by atoms with Crippen LogP contribution in [0, 0.1) is 5.92 Å². The van der Waals surface area contributed by atoms with E-state index in [9.17, 15) is 9.90 Å². The quantitative estimate of drug-likeness (QED) is 0.615. The molecule has 104 valence electrons. The van der Waals surface area contributed by atoms with Gasteiger partial charge < -0.3 is 9.84 Å². The maximum Gasteiger partial charge on any atom is 0.338 e. The van der Waals surface area contributed by atoms with Crippen LogP contribution >= 0.6 is 0 Å². The Morgan fingerprint density at radius 2 is 2.22 bits per heavy atom. The number of fused-ring (bicyclic) bond motifs is 2. The Kier molecular flexibility index (Phi) is 3.67. The number of carbonyl (C=O) groups is 1. The van der Waals surface area contributed by atoms with E-state index in [-0.39, 0.29) is 12.2 Å². The topological polar surface area (TPSA) is 65.0 Å². The molecule has 5 nitrogen and oxygen atoms in total. The third-order valence-corrected chi connectivity index (χ3v) is 4.16. The first-order valence-corrected chi connectivity index (χ1v) is 6.63. The van der Waals surface area contributed by atoms with Gasteiger partial charge >= 0.3 is 5.97 Å². The van der Waals surface area contributed by atoms with Crippen molar-refractivity contribution in [1.82, 2.24) is 0 Å². The molecule has 0 aromatic rings. The first kappa shape index (κ1) is 13.8. The van der Waals surface area contributed by atoms with Crippen molar-refractivity contribution in [2.45, 2.75) is 63.8 Å². The Hall–Kier alpha value is -0.650. The summed E-state index contributed by atoms with van der Waals surface area (Å²) in [5.41, 5.74) is -1.29. The smallest absolute Gasteiger partial charge is 0.338 e. The van der Waals surface area contributed by atoms with E-state index >= 15 is 0 Å². The summed E-state index contributed by atoms with van der Waals surface area (Å²) in [4.78, 5) is 22.5. The van der Waals surface area contributed by atoms with Gasteiger partial charge in [-0.15, -0.1) is 0 Å². The lowest BCUT2D eigenvalue weighted by atomic mass is 9.69. The number of rotatable bonds is 3. The highest BCUT2D eigenvalue weighted by atomic mass is 17.2. The lowest BCUT2D eigenvalue weighted by molar-refractivity contribution is -0.464. The molecule has 1 saturated carbocycles. The number of ether oxygens (including phenoxy) is 1. The van der Waals surface area contributed by atoms with Crippen molar-refractivity contribution in [3.63, 3.8) is 0 Å². The second kappa shape index (κ2) is 4.79. The molecule has 2 aliphatic rings. The van der Waals surface area contributed by atoms with Gasteiger partial charge in [-0.05, 0) is 52.4 Å². The highest BCUT2D eigenvalue weighted by Crippen LogP contribution is 2.48. The predicted octanol–water partition coefficient (Wildman–Crippen LogP) is 1.58. The Bertz CT molecular complexity index is 327. The molecule has 0 aromatic heterocycles. The third kappa shape index (κ3) is 2.27. The van der Waals surface area contributed by atoms with Crippen LogP contribution in [0.25, 0.3) is 0 Å². The van der Waals surface area contributed by atoms with Crippen LogP contribution in [0.1, 0.15) is 46.5 Å². The van der Waals surface area contributed by atoms with Crippen LogP contribution < -0.4 is 0 Å². The number of esters is 1. The largest absolute Gasteiger partial charge is 0.464 e. The normalized spacial score (nSPS) is 35.9. The second-order valence-corrected chi connectivity index (χ2v) is 5.78. The Morgan fingerprint density at radius 3 is 2.89 bits per heavy atom. The average molecular weight is 258 g/mol. The fourth-order valence-corrected chi connectivity index (χ4v) is 2.93. The molecule has 1 aliphatic carbocycles. The minimum absolute atomic E-state index is 0.252. The van der Waals surface area contributed by atoms with Crippen LogP contribution in [-0.4, -0.2) is 35.0 Å². The van der Waals surface area contributed by atoms with Crippen molar-refractivity contribution < 1.29 is 24.4 Å². The number of carbonyl (C=O) groups excluding carboxylic acids is 1. The average Bonchev–Trinajstić information content (AvgIpc) is 2.35. The third-order valence-electron chi connectivity index (χ3n) is 4.16. The fourth-order valence-electron chi connectivity index (χ4n) is 2.93. The summed E-state index contributed by atoms with van der Waals surface area (Å²) in [6.07, 6.45) is 1.96. The molecule has 0 amide bonds. The van der Waals surface area contributed by atoms with E-state index < -0.39 is 17.7 Å². The van der Waals surface area contributed by atoms with Crippen molar-refractivity contribution in [3.8, 4) is 0 Å². The summed E-state index contributed by atoms with van der Waals surface area (Å²) in [5.74, 6) is -0.328. The number of aliphatic hydroxyl groups is 1. The molecule has 0 radical (unpaired) electrons. The Labute approximate surface area is 107 Å². The van der Waals surface area contributed by atoms with Crippen molar-refractivity contribution >= 4 is 5.97 Å². The van der Waals surface area contributed by atoms with E-state index in [1.54, 1.807) is 6.92 Å². The van der Waals surface area contributed by atoms with E-state index in [0.29, 0.717) is 18.8 Å². The molecular formula is C13H22O5. The van der Waals surface area contributed by atoms with E-state index in [1.807, 2.05) is 13.8 Å². The lowest BCUT2D eigenvalue weighted by Gasteiger charge is -2.51. The fraction of sp³-hybridized carbons (Fsp3) is 0.923. The van der Waals surface area contributed by atoms with Gasteiger partial charge in [0.25, 0.3) is 0 Å². The summed E-state index contributed by atoms with van der Waals surface area (Å²) >= 11 is 0. The zero-order valence-electron chi connectivity index (χ0n) is 11.3. The molecule has 0 aromatic carbocycles. The van der Waals surface area contributed by atoms with Crippen molar-refractivity contribution in [2.24, 2.45) is 5.92 Å². The van der Waals surface area contributed by atoms with Crippen LogP contribution in [0.4, 0.5) is 0 Å². The molecule has 2 bridgehead atoms. The Balaban J connectivity index is 2.14. The zero-order valence-corrected chi connectivity index (χ0v) is 11.3. The van der Waals surface area contributed by atoms with Crippen molar-refractivity contribution in [3.05, 3.63) is 0 Å². The second-order valence-electron chi connectivity index (χ2n) is 5.78. The first-order valence-electron chi connectivity index (χ1n) is 6.63. The van der Waals surface area contributed by atoms with Crippen molar-refractivity contribution in [1.29, 1.82) is 0 Å². The molecule has 1 N–H and O–H groups in total. The SMILES string of the molecule is CCOC(=O)C(O)C12CCCC(C1)C(C)(C)OO2. The summed E-state index contributed by atoms with van der Waals surface area (Å²) in [6, 6.07) is 0. The summed E-state index contributed by atoms with van der Waals surface area (Å²) in [6.45, 7) is 5.92. The van der Waals surface area contributed by atoms with Crippen LogP contribution in [0.5, 0.6) is 0 Å². The number of hydrogen-bond donors (Lipinski definition) is 1. The highest BCUT2D eigenvalue weighted by Gasteiger charge is 2.55. The molecule has 1 heterocycles. The predicted molar refractivity (Wildman–Crippen MR) is 63.6 cm³/mol. The molecule has 3 atom stereocenters. The standard InChI is InChI=1S/C13H22O5/c1-4-16-11(15)10(14)13-7-5-6-9(8-13)12(2,3)17-18-13/h9-10,14H,4-8H2,1-3H3. The van der Waals surface area contributed by atoms with Gasteiger partial charge in [0.2, 0.25) is 0 Å². The summed E-state index contributed by atoms with van der Waals surface area (Å²) < 4.78 is 4.87. The van der Waals surface area contributed by atoms with Crippen LogP contribution in [0.15, 0.2) is 0 Å². The van der Waals surface area contributed by atoms with Gasteiger partial charge in [-0.2, -0.15) is 0 Å². The first-order chi connectivity index (χ1) is 8.41.